The summed E-state index contributed by atoms with van der Waals surface area (Å²) in [6.45, 7) is 0. The Kier molecular flexibility index (Phi) is 4.08. The van der Waals surface area contributed by atoms with Gasteiger partial charge in [0.25, 0.3) is 0 Å². The number of rotatable bonds is 3. The molecule has 2 nitrogen and oxygen atoms in total. The number of aliphatic hydroxyl groups is 1. The van der Waals surface area contributed by atoms with Crippen molar-refractivity contribution < 1.29 is 9.84 Å². The summed E-state index contributed by atoms with van der Waals surface area (Å²) in [5, 5.41) is 12.1. The lowest BCUT2D eigenvalue weighted by atomic mass is 9.84. The lowest BCUT2D eigenvalue weighted by molar-refractivity contribution is 0.128. The molecular weight excluding hydrogens is 412 g/mol. The van der Waals surface area contributed by atoms with Crippen molar-refractivity contribution in [1.29, 1.82) is 0 Å². The van der Waals surface area contributed by atoms with Crippen LogP contribution in [0.3, 0.4) is 0 Å². The maximum atomic E-state index is 12.1. The molecule has 0 fully saturated rings. The molecule has 5 rings (SSSR count). The highest BCUT2D eigenvalue weighted by Crippen LogP contribution is 2.53. The fraction of sp³-hybridized carbons (Fsp3) is 0.0400. The predicted octanol–water partition coefficient (Wildman–Crippen LogP) is 6.51. The second kappa shape index (κ2) is 6.62. The maximum absolute atomic E-state index is 12.1. The van der Waals surface area contributed by atoms with Crippen LogP contribution in [0.2, 0.25) is 0 Å². The van der Waals surface area contributed by atoms with Gasteiger partial charge in [-0.3, -0.25) is 0 Å². The number of hydrogen-bond acceptors (Lipinski definition) is 2. The average Bonchev–Trinajstić information content (AvgIpc) is 2.98. The van der Waals surface area contributed by atoms with Crippen molar-refractivity contribution in [3.05, 3.63) is 118 Å². The van der Waals surface area contributed by atoms with Gasteiger partial charge in [0.05, 0.1) is 0 Å². The fourth-order valence-corrected chi connectivity index (χ4v) is 4.35. The lowest BCUT2D eigenvalue weighted by Crippen LogP contribution is -2.26. The zero-order valence-corrected chi connectivity index (χ0v) is 16.6. The van der Waals surface area contributed by atoms with Gasteiger partial charge in [-0.05, 0) is 41.5 Å². The Balaban J connectivity index is 1.75. The Morgan fingerprint density at radius 2 is 1.29 bits per heavy atom. The maximum Gasteiger partial charge on any atom is 0.145 e. The van der Waals surface area contributed by atoms with Gasteiger partial charge in [0, 0.05) is 21.2 Å². The zero-order valence-electron chi connectivity index (χ0n) is 15.0. The first-order chi connectivity index (χ1) is 13.7. The van der Waals surface area contributed by atoms with E-state index < -0.39 is 5.60 Å². The number of benzene rings is 4. The standard InChI is InChI=1S/C25H17BrO2/c26-17-14-15-20-19-10-4-5-11-21(19)25(27,23(20)16-17)22-12-6-7-13-24(22)28-18-8-2-1-3-9-18/h1-16,27H/t25-/m0/s1. The summed E-state index contributed by atoms with van der Waals surface area (Å²) in [6, 6.07) is 31.4. The van der Waals surface area contributed by atoms with E-state index >= 15 is 0 Å². The lowest BCUT2D eigenvalue weighted by Gasteiger charge is -2.28. The minimum absolute atomic E-state index is 0.638. The summed E-state index contributed by atoms with van der Waals surface area (Å²) in [5.41, 5.74) is 3.24. The molecule has 0 heterocycles. The van der Waals surface area contributed by atoms with E-state index in [1.807, 2.05) is 84.9 Å². The third kappa shape index (κ3) is 2.59. The van der Waals surface area contributed by atoms with Gasteiger partial charge in [-0.2, -0.15) is 0 Å². The zero-order chi connectivity index (χ0) is 19.1. The molecule has 0 saturated heterocycles. The van der Waals surface area contributed by atoms with Crippen molar-refractivity contribution in [2.75, 3.05) is 0 Å². The molecule has 0 aromatic heterocycles. The third-order valence-corrected chi connectivity index (χ3v) is 5.72. The number of halogens is 1. The Bertz CT molecular complexity index is 1170. The molecule has 3 heteroatoms. The van der Waals surface area contributed by atoms with E-state index in [0.29, 0.717) is 5.75 Å². The molecule has 0 unspecified atom stereocenters. The first kappa shape index (κ1) is 17.2. The highest BCUT2D eigenvalue weighted by atomic mass is 79.9. The van der Waals surface area contributed by atoms with Crippen molar-refractivity contribution in [3.8, 4) is 22.6 Å². The van der Waals surface area contributed by atoms with E-state index in [0.717, 1.165) is 38.0 Å². The fourth-order valence-electron chi connectivity index (χ4n) is 3.99. The van der Waals surface area contributed by atoms with Crippen molar-refractivity contribution in [2.24, 2.45) is 0 Å². The van der Waals surface area contributed by atoms with Gasteiger partial charge in [-0.25, -0.2) is 0 Å². The summed E-state index contributed by atoms with van der Waals surface area (Å²) in [5.74, 6) is 1.37. The van der Waals surface area contributed by atoms with Crippen LogP contribution in [0, 0.1) is 0 Å². The molecule has 0 spiro atoms. The minimum Gasteiger partial charge on any atom is -0.457 e. The van der Waals surface area contributed by atoms with E-state index in [1.165, 1.54) is 0 Å². The van der Waals surface area contributed by atoms with E-state index in [2.05, 4.69) is 28.1 Å². The first-order valence-corrected chi connectivity index (χ1v) is 9.92. The molecule has 0 bridgehead atoms. The van der Waals surface area contributed by atoms with Crippen LogP contribution in [0.5, 0.6) is 11.5 Å². The normalized spacial score (nSPS) is 17.1. The molecule has 0 aliphatic heterocycles. The number of hydrogen-bond donors (Lipinski definition) is 1. The van der Waals surface area contributed by atoms with Crippen LogP contribution in [-0.4, -0.2) is 5.11 Å². The van der Waals surface area contributed by atoms with Crippen molar-refractivity contribution in [2.45, 2.75) is 5.60 Å². The smallest absolute Gasteiger partial charge is 0.145 e. The quantitative estimate of drug-likeness (QED) is 0.403. The van der Waals surface area contributed by atoms with Crippen molar-refractivity contribution in [3.63, 3.8) is 0 Å². The van der Waals surface area contributed by atoms with Crippen LogP contribution < -0.4 is 4.74 Å². The minimum atomic E-state index is -1.29. The van der Waals surface area contributed by atoms with Crippen LogP contribution in [0.15, 0.2) is 102 Å². The van der Waals surface area contributed by atoms with Crippen LogP contribution in [0.4, 0.5) is 0 Å². The largest absolute Gasteiger partial charge is 0.457 e. The predicted molar refractivity (Wildman–Crippen MR) is 115 cm³/mol. The summed E-state index contributed by atoms with van der Waals surface area (Å²) in [6.07, 6.45) is 0. The van der Waals surface area contributed by atoms with E-state index in [9.17, 15) is 5.11 Å². The number of ether oxygens (including phenoxy) is 1. The Morgan fingerprint density at radius 1 is 0.643 bits per heavy atom. The SMILES string of the molecule is O[C@]1(c2ccccc2Oc2ccccc2)c2ccccc2-c2ccc(Br)cc21. The molecule has 1 aliphatic carbocycles. The summed E-state index contributed by atoms with van der Waals surface area (Å²) >= 11 is 3.56. The Hall–Kier alpha value is -2.88. The van der Waals surface area contributed by atoms with Crippen LogP contribution in [0.25, 0.3) is 11.1 Å². The highest BCUT2D eigenvalue weighted by Gasteiger charge is 2.44. The van der Waals surface area contributed by atoms with Gasteiger partial charge in [0.15, 0.2) is 0 Å². The van der Waals surface area contributed by atoms with Crippen LogP contribution in [-0.2, 0) is 5.60 Å². The van der Waals surface area contributed by atoms with E-state index in [4.69, 9.17) is 4.74 Å². The number of fused-ring (bicyclic) bond motifs is 3. The average molecular weight is 429 g/mol. The molecule has 1 aliphatic rings. The topological polar surface area (TPSA) is 29.5 Å². The highest BCUT2D eigenvalue weighted by molar-refractivity contribution is 9.10. The van der Waals surface area contributed by atoms with Gasteiger partial charge in [0.2, 0.25) is 0 Å². The van der Waals surface area contributed by atoms with E-state index in [1.54, 1.807) is 0 Å². The molecule has 28 heavy (non-hydrogen) atoms. The van der Waals surface area contributed by atoms with Gasteiger partial charge in [0.1, 0.15) is 17.1 Å². The molecule has 4 aromatic rings. The van der Waals surface area contributed by atoms with Gasteiger partial charge in [-0.1, -0.05) is 82.7 Å². The molecule has 1 atom stereocenters. The first-order valence-electron chi connectivity index (χ1n) is 9.12. The summed E-state index contributed by atoms with van der Waals surface area (Å²) in [4.78, 5) is 0. The summed E-state index contributed by atoms with van der Waals surface area (Å²) < 4.78 is 7.11. The van der Waals surface area contributed by atoms with E-state index in [-0.39, 0.29) is 0 Å². The Morgan fingerprint density at radius 3 is 2.11 bits per heavy atom. The molecule has 0 amide bonds. The summed E-state index contributed by atoms with van der Waals surface area (Å²) in [7, 11) is 0. The molecule has 0 saturated carbocycles. The van der Waals surface area contributed by atoms with Gasteiger partial charge >= 0.3 is 0 Å². The molecular formula is C25H17BrO2. The van der Waals surface area contributed by atoms with Gasteiger partial charge in [-0.15, -0.1) is 0 Å². The molecule has 1 N–H and O–H groups in total. The molecule has 4 aromatic carbocycles. The van der Waals surface area contributed by atoms with Gasteiger partial charge < -0.3 is 9.84 Å². The van der Waals surface area contributed by atoms with Crippen molar-refractivity contribution >= 4 is 15.9 Å². The Labute approximate surface area is 172 Å². The molecule has 136 valence electrons. The van der Waals surface area contributed by atoms with Crippen LogP contribution >= 0.6 is 15.9 Å². The molecule has 0 radical (unpaired) electrons. The monoisotopic (exact) mass is 428 g/mol. The second-order valence-electron chi connectivity index (χ2n) is 6.86. The third-order valence-electron chi connectivity index (χ3n) is 5.23. The second-order valence-corrected chi connectivity index (χ2v) is 7.77. The number of para-hydroxylation sites is 2. The van der Waals surface area contributed by atoms with Crippen molar-refractivity contribution in [1.82, 2.24) is 0 Å². The van der Waals surface area contributed by atoms with Crippen LogP contribution in [0.1, 0.15) is 16.7 Å².